The van der Waals surface area contributed by atoms with Crippen LogP contribution < -0.4 is 10.5 Å². The molecule has 31 heavy (non-hydrogen) atoms. The summed E-state index contributed by atoms with van der Waals surface area (Å²) in [6.45, 7) is 5.48. The van der Waals surface area contributed by atoms with Gasteiger partial charge in [0.2, 0.25) is 5.91 Å². The molecule has 1 aliphatic rings. The van der Waals surface area contributed by atoms with Crippen LogP contribution in [0, 0.1) is 12.7 Å². The molecule has 0 atom stereocenters. The fourth-order valence-corrected chi connectivity index (χ4v) is 3.32. The van der Waals surface area contributed by atoms with Crippen LogP contribution in [0.15, 0.2) is 42.5 Å². The van der Waals surface area contributed by atoms with E-state index >= 15 is 0 Å². The summed E-state index contributed by atoms with van der Waals surface area (Å²) in [5.41, 5.74) is 7.32. The van der Waals surface area contributed by atoms with Gasteiger partial charge in [0, 0.05) is 0 Å². The predicted octanol–water partition coefficient (Wildman–Crippen LogP) is 4.78. The normalized spacial score (nSPS) is 14.1. The maximum Gasteiger partial charge on any atom is 0.573 e. The molecular weight excluding hydrogens is 412 g/mol. The van der Waals surface area contributed by atoms with Crippen LogP contribution in [0.25, 0.3) is 0 Å². The van der Waals surface area contributed by atoms with Crippen molar-refractivity contribution >= 4 is 5.91 Å². The maximum absolute atomic E-state index is 13.3. The van der Waals surface area contributed by atoms with Gasteiger partial charge in [0.05, 0.1) is 6.42 Å². The molecule has 2 N–H and O–H groups in total. The zero-order valence-electron chi connectivity index (χ0n) is 17.6. The van der Waals surface area contributed by atoms with Crippen molar-refractivity contribution in [3.63, 3.8) is 0 Å². The van der Waals surface area contributed by atoms with E-state index < -0.39 is 12.3 Å². The van der Waals surface area contributed by atoms with Crippen molar-refractivity contribution in [1.29, 1.82) is 0 Å². The molecule has 1 saturated heterocycles. The second kappa shape index (κ2) is 11.7. The number of nitrogens with zero attached hydrogens (tertiary/aromatic N) is 1. The summed E-state index contributed by atoms with van der Waals surface area (Å²) in [5.74, 6) is -0.936. The predicted molar refractivity (Wildman–Crippen MR) is 111 cm³/mol. The van der Waals surface area contributed by atoms with Crippen LogP contribution in [0.1, 0.15) is 36.0 Å². The minimum Gasteiger partial charge on any atom is -0.406 e. The monoisotopic (exact) mass is 440 g/mol. The summed E-state index contributed by atoms with van der Waals surface area (Å²) in [7, 11) is 0. The zero-order valence-corrected chi connectivity index (χ0v) is 17.6. The fraction of sp³-hybridized carbons (Fsp3) is 0.435. The fourth-order valence-electron chi connectivity index (χ4n) is 3.32. The molecule has 0 radical (unpaired) electrons. The third kappa shape index (κ3) is 9.83. The van der Waals surface area contributed by atoms with Crippen LogP contribution in [-0.4, -0.2) is 36.8 Å². The largest absolute Gasteiger partial charge is 0.573 e. The van der Waals surface area contributed by atoms with Crippen molar-refractivity contribution in [2.24, 2.45) is 5.73 Å². The van der Waals surface area contributed by atoms with Gasteiger partial charge >= 0.3 is 6.36 Å². The molecule has 0 saturated carbocycles. The van der Waals surface area contributed by atoms with Crippen LogP contribution in [0.3, 0.4) is 0 Å². The van der Waals surface area contributed by atoms with Crippen LogP contribution >= 0.6 is 0 Å². The van der Waals surface area contributed by atoms with Crippen LogP contribution in [0.2, 0.25) is 0 Å². The Morgan fingerprint density at radius 3 is 2.23 bits per heavy atom. The van der Waals surface area contributed by atoms with Gasteiger partial charge in [0.25, 0.3) is 0 Å². The molecule has 0 aliphatic carbocycles. The highest BCUT2D eigenvalue weighted by atomic mass is 19.4. The topological polar surface area (TPSA) is 55.6 Å². The number of carbonyl (C=O) groups excluding carboxylic acids is 1. The molecule has 8 heteroatoms. The minimum atomic E-state index is -4.70. The third-order valence-corrected chi connectivity index (χ3v) is 4.91. The van der Waals surface area contributed by atoms with Crippen molar-refractivity contribution in [3.05, 3.63) is 65.0 Å². The Morgan fingerprint density at radius 2 is 1.68 bits per heavy atom. The molecule has 1 heterocycles. The smallest absolute Gasteiger partial charge is 0.406 e. The average Bonchev–Trinajstić information content (AvgIpc) is 3.19. The van der Waals surface area contributed by atoms with Gasteiger partial charge in [-0.25, -0.2) is 4.39 Å². The Balaban J connectivity index is 0.000000221. The summed E-state index contributed by atoms with van der Waals surface area (Å²) >= 11 is 0. The number of hydrogen-bond donors (Lipinski definition) is 1. The molecule has 3 rings (SSSR count). The number of amides is 1. The minimum absolute atomic E-state index is 0.00764. The van der Waals surface area contributed by atoms with Gasteiger partial charge in [-0.15, -0.1) is 13.2 Å². The molecule has 0 spiro atoms. The molecular formula is C23H28F4N2O2. The summed E-state index contributed by atoms with van der Waals surface area (Å²) in [6.07, 6.45) is 0.117. The van der Waals surface area contributed by atoms with Gasteiger partial charge in [-0.1, -0.05) is 24.3 Å². The summed E-state index contributed by atoms with van der Waals surface area (Å²) < 4.78 is 52.2. The highest BCUT2D eigenvalue weighted by Gasteiger charge is 2.30. The number of nitrogens with two attached hydrogens (primary N) is 1. The van der Waals surface area contributed by atoms with Gasteiger partial charge < -0.3 is 15.4 Å². The number of likely N-dealkylation sites (tertiary alicyclic amines) is 1. The molecule has 0 aromatic heterocycles. The van der Waals surface area contributed by atoms with E-state index in [0.29, 0.717) is 5.56 Å². The van der Waals surface area contributed by atoms with Gasteiger partial charge in [0.1, 0.15) is 11.6 Å². The van der Waals surface area contributed by atoms with Crippen molar-refractivity contribution in [1.82, 2.24) is 4.90 Å². The standard InChI is InChI=1S/C14H20FN.C9H8F3NO2/c1-12-6-7-13(11-14(12)15)5-4-10-16-8-2-3-9-16;10-9(11,12)15-7-3-1-6(2-4-7)5-8(13)14/h6-7,11H,2-5,8-10H2,1H3;1-4H,5H2,(H2,13,14). The van der Waals surface area contributed by atoms with Crippen LogP contribution in [0.4, 0.5) is 17.6 Å². The highest BCUT2D eigenvalue weighted by molar-refractivity contribution is 5.76. The van der Waals surface area contributed by atoms with Gasteiger partial charge in [-0.3, -0.25) is 4.79 Å². The van der Waals surface area contributed by atoms with E-state index in [1.165, 1.54) is 38.1 Å². The first-order valence-corrected chi connectivity index (χ1v) is 10.2. The Kier molecular flexibility index (Phi) is 9.30. The number of ether oxygens (including phenoxy) is 1. The first-order valence-electron chi connectivity index (χ1n) is 10.2. The maximum atomic E-state index is 13.3. The first-order chi connectivity index (χ1) is 14.6. The van der Waals surface area contributed by atoms with Crippen molar-refractivity contribution < 1.29 is 27.1 Å². The molecule has 1 amide bonds. The average molecular weight is 440 g/mol. The van der Waals surface area contributed by atoms with E-state index in [9.17, 15) is 22.4 Å². The lowest BCUT2D eigenvalue weighted by Crippen LogP contribution is -2.20. The van der Waals surface area contributed by atoms with E-state index in [-0.39, 0.29) is 18.0 Å². The molecule has 170 valence electrons. The second-order valence-electron chi connectivity index (χ2n) is 7.57. The van der Waals surface area contributed by atoms with E-state index in [4.69, 9.17) is 5.73 Å². The Hall–Kier alpha value is -2.61. The van der Waals surface area contributed by atoms with Gasteiger partial charge in [-0.2, -0.15) is 0 Å². The quantitative estimate of drug-likeness (QED) is 0.631. The van der Waals surface area contributed by atoms with Crippen LogP contribution in [-0.2, 0) is 17.6 Å². The SMILES string of the molecule is Cc1ccc(CCCN2CCCC2)cc1F.NC(=O)Cc1ccc(OC(F)(F)F)cc1. The van der Waals surface area contributed by atoms with E-state index in [1.54, 1.807) is 6.07 Å². The van der Waals surface area contributed by atoms with Gasteiger partial charge in [0.15, 0.2) is 0 Å². The summed E-state index contributed by atoms with van der Waals surface area (Å²) in [4.78, 5) is 13.0. The van der Waals surface area contributed by atoms with Crippen molar-refractivity contribution in [3.8, 4) is 5.75 Å². The van der Waals surface area contributed by atoms with Crippen molar-refractivity contribution in [2.45, 2.75) is 45.4 Å². The second-order valence-corrected chi connectivity index (χ2v) is 7.57. The summed E-state index contributed by atoms with van der Waals surface area (Å²) in [6, 6.07) is 10.6. The number of hydrogen-bond acceptors (Lipinski definition) is 3. The number of carbonyl (C=O) groups is 1. The number of benzene rings is 2. The van der Waals surface area contributed by atoms with E-state index in [2.05, 4.69) is 9.64 Å². The molecule has 1 fully saturated rings. The van der Waals surface area contributed by atoms with E-state index in [0.717, 1.165) is 42.6 Å². The number of primary amides is 1. The third-order valence-electron chi connectivity index (χ3n) is 4.91. The zero-order chi connectivity index (χ0) is 22.9. The Bertz CT molecular complexity index is 832. The lowest BCUT2D eigenvalue weighted by Gasteiger charge is -2.14. The Morgan fingerprint density at radius 1 is 1.06 bits per heavy atom. The van der Waals surface area contributed by atoms with Crippen molar-refractivity contribution in [2.75, 3.05) is 19.6 Å². The lowest BCUT2D eigenvalue weighted by molar-refractivity contribution is -0.274. The molecule has 2 aromatic rings. The van der Waals surface area contributed by atoms with Crippen LogP contribution in [0.5, 0.6) is 5.75 Å². The van der Waals surface area contributed by atoms with Gasteiger partial charge in [-0.05, 0) is 87.1 Å². The highest BCUT2D eigenvalue weighted by Crippen LogP contribution is 2.22. The first kappa shape index (κ1) is 24.7. The number of rotatable bonds is 7. The molecule has 0 unspecified atom stereocenters. The Labute approximate surface area is 180 Å². The number of alkyl halides is 3. The molecule has 2 aromatic carbocycles. The molecule has 4 nitrogen and oxygen atoms in total. The number of halogens is 4. The molecule has 0 bridgehead atoms. The lowest BCUT2D eigenvalue weighted by atomic mass is 10.1. The molecule has 1 aliphatic heterocycles. The number of aryl methyl sites for hydroxylation is 2. The van der Waals surface area contributed by atoms with E-state index in [1.807, 2.05) is 19.1 Å². The summed E-state index contributed by atoms with van der Waals surface area (Å²) in [5, 5.41) is 0.